The van der Waals surface area contributed by atoms with Crippen LogP contribution in [0.25, 0.3) is 0 Å². The normalized spacial score (nSPS) is 10.6. The molecular weight excluding hydrogens is 171 g/mol. The summed E-state index contributed by atoms with van der Waals surface area (Å²) < 4.78 is 23.7. The van der Waals surface area contributed by atoms with E-state index in [1.165, 1.54) is 21.3 Å². The third-order valence-corrected chi connectivity index (χ3v) is 2.01. The van der Waals surface area contributed by atoms with Crippen LogP contribution in [0.15, 0.2) is 0 Å². The third kappa shape index (κ3) is 4.73. The fourth-order valence-corrected chi connectivity index (χ4v) is 0.671. The first kappa shape index (κ1) is 13.0. The Morgan fingerprint density at radius 2 is 1.22 bits per heavy atom. The standard InChI is InChI=1S/C3H9O4P.Ca.2H/c1-5-8(4,6-2)7-3;;;/h1-3H3;;;. The molecule has 0 saturated heterocycles. The van der Waals surface area contributed by atoms with Crippen molar-refractivity contribution in [2.45, 2.75) is 0 Å². The molecule has 4 nitrogen and oxygen atoms in total. The Labute approximate surface area is 84.5 Å². The Morgan fingerprint density at radius 1 is 1.00 bits per heavy atom. The van der Waals surface area contributed by atoms with Gasteiger partial charge in [-0.3, -0.25) is 13.6 Å². The second-order valence-corrected chi connectivity index (χ2v) is 2.98. The molecule has 0 saturated carbocycles. The molecule has 0 aromatic rings. The maximum atomic E-state index is 10.7. The van der Waals surface area contributed by atoms with Gasteiger partial charge in [0, 0.05) is 21.3 Å². The van der Waals surface area contributed by atoms with Crippen molar-refractivity contribution in [3.8, 4) is 0 Å². The van der Waals surface area contributed by atoms with Crippen molar-refractivity contribution >= 4 is 45.6 Å². The van der Waals surface area contributed by atoms with Gasteiger partial charge >= 0.3 is 45.6 Å². The first-order valence-electron chi connectivity index (χ1n) is 1.96. The van der Waals surface area contributed by atoms with Crippen molar-refractivity contribution in [3.63, 3.8) is 0 Å². The first-order valence-corrected chi connectivity index (χ1v) is 3.42. The van der Waals surface area contributed by atoms with Gasteiger partial charge in [0.25, 0.3) is 0 Å². The Bertz CT molecular complexity index is 87.0. The van der Waals surface area contributed by atoms with Gasteiger partial charge in [-0.15, -0.1) is 0 Å². The van der Waals surface area contributed by atoms with Crippen molar-refractivity contribution < 1.29 is 18.1 Å². The Hall–Kier alpha value is 1.37. The second kappa shape index (κ2) is 6.10. The first-order chi connectivity index (χ1) is 3.68. The monoisotopic (exact) mass is 182 g/mol. The molecule has 0 aromatic heterocycles. The number of phosphoric ester groups is 1. The van der Waals surface area contributed by atoms with Crippen LogP contribution >= 0.6 is 7.82 Å². The molecule has 0 unspecified atom stereocenters. The van der Waals surface area contributed by atoms with Gasteiger partial charge in [0.05, 0.1) is 0 Å². The van der Waals surface area contributed by atoms with Crippen molar-refractivity contribution in [2.24, 2.45) is 0 Å². The molecule has 0 spiro atoms. The zero-order valence-corrected chi connectivity index (χ0v) is 5.97. The van der Waals surface area contributed by atoms with Gasteiger partial charge in [0.15, 0.2) is 0 Å². The molecule has 0 heterocycles. The van der Waals surface area contributed by atoms with Crippen LogP contribution in [0.2, 0.25) is 0 Å². The van der Waals surface area contributed by atoms with Gasteiger partial charge in [-0.2, -0.15) is 0 Å². The van der Waals surface area contributed by atoms with Crippen LogP contribution < -0.4 is 0 Å². The molecular formula is C3H11CaO4P. The van der Waals surface area contributed by atoms with Crippen molar-refractivity contribution in [2.75, 3.05) is 21.3 Å². The Morgan fingerprint density at radius 3 is 1.22 bits per heavy atom. The van der Waals surface area contributed by atoms with Crippen LogP contribution in [0, 0.1) is 0 Å². The summed E-state index contributed by atoms with van der Waals surface area (Å²) in [5.41, 5.74) is 0. The van der Waals surface area contributed by atoms with Crippen LogP contribution in [-0.2, 0) is 18.1 Å². The van der Waals surface area contributed by atoms with E-state index in [2.05, 4.69) is 13.6 Å². The second-order valence-electron chi connectivity index (χ2n) is 0.995. The zero-order valence-electron chi connectivity index (χ0n) is 5.08. The van der Waals surface area contributed by atoms with Gasteiger partial charge in [-0.05, 0) is 0 Å². The molecule has 0 atom stereocenters. The van der Waals surface area contributed by atoms with Crippen LogP contribution in [0.5, 0.6) is 0 Å². The molecule has 6 heteroatoms. The number of rotatable bonds is 3. The molecule has 0 N–H and O–H groups in total. The molecule has 0 bridgehead atoms. The van der Waals surface area contributed by atoms with E-state index in [0.29, 0.717) is 0 Å². The third-order valence-electron chi connectivity index (χ3n) is 0.671. The molecule has 0 fully saturated rings. The molecule has 9 heavy (non-hydrogen) atoms. The molecule has 0 radical (unpaired) electrons. The van der Waals surface area contributed by atoms with Gasteiger partial charge in [-0.25, -0.2) is 4.57 Å². The summed E-state index contributed by atoms with van der Waals surface area (Å²) in [5.74, 6) is 0. The van der Waals surface area contributed by atoms with Gasteiger partial charge in [0.1, 0.15) is 0 Å². The van der Waals surface area contributed by atoms with Crippen molar-refractivity contribution in [1.29, 1.82) is 0 Å². The summed E-state index contributed by atoms with van der Waals surface area (Å²) in [5, 5.41) is 0. The predicted octanol–water partition coefficient (Wildman–Crippen LogP) is 0.117. The van der Waals surface area contributed by atoms with E-state index >= 15 is 0 Å². The molecule has 0 aliphatic rings. The van der Waals surface area contributed by atoms with E-state index in [1.807, 2.05) is 0 Å². The number of phosphoric acid groups is 1. The van der Waals surface area contributed by atoms with Crippen LogP contribution in [0.4, 0.5) is 0 Å². The van der Waals surface area contributed by atoms with Gasteiger partial charge in [0.2, 0.25) is 0 Å². The molecule has 0 amide bonds. The van der Waals surface area contributed by atoms with Crippen LogP contribution in [-0.4, -0.2) is 59.1 Å². The summed E-state index contributed by atoms with van der Waals surface area (Å²) in [4.78, 5) is 0. The Kier molecular flexibility index (Phi) is 8.81. The summed E-state index contributed by atoms with van der Waals surface area (Å²) >= 11 is 0. The summed E-state index contributed by atoms with van der Waals surface area (Å²) in [6.45, 7) is 0. The molecule has 0 aliphatic carbocycles. The fraction of sp³-hybridized carbons (Fsp3) is 1.00. The van der Waals surface area contributed by atoms with Gasteiger partial charge < -0.3 is 0 Å². The van der Waals surface area contributed by atoms with E-state index in [9.17, 15) is 4.57 Å². The minimum absolute atomic E-state index is 0. The summed E-state index contributed by atoms with van der Waals surface area (Å²) in [6, 6.07) is 0. The molecule has 0 aliphatic heterocycles. The number of hydrogen-bond acceptors (Lipinski definition) is 4. The minimum atomic E-state index is -3.16. The quantitative estimate of drug-likeness (QED) is 0.459. The Balaban J connectivity index is 0. The van der Waals surface area contributed by atoms with Crippen molar-refractivity contribution in [1.82, 2.24) is 0 Å². The average Bonchev–Trinajstić information content (AvgIpc) is 1.87. The maximum absolute atomic E-state index is 10.7. The van der Waals surface area contributed by atoms with E-state index in [-0.39, 0.29) is 37.7 Å². The van der Waals surface area contributed by atoms with Crippen LogP contribution in [0.1, 0.15) is 0 Å². The summed E-state index contributed by atoms with van der Waals surface area (Å²) in [7, 11) is 0.611. The predicted molar refractivity (Wildman–Crippen MR) is 37.2 cm³/mol. The summed E-state index contributed by atoms with van der Waals surface area (Å²) in [6.07, 6.45) is 0. The van der Waals surface area contributed by atoms with E-state index in [1.54, 1.807) is 0 Å². The SMILES string of the molecule is COP(=O)(OC)OC.[CaH2]. The van der Waals surface area contributed by atoms with E-state index < -0.39 is 7.82 Å². The van der Waals surface area contributed by atoms with Gasteiger partial charge in [-0.1, -0.05) is 0 Å². The number of hydrogen-bond donors (Lipinski definition) is 0. The van der Waals surface area contributed by atoms with Crippen LogP contribution in [0.3, 0.4) is 0 Å². The molecule has 0 aromatic carbocycles. The van der Waals surface area contributed by atoms with E-state index in [0.717, 1.165) is 0 Å². The fourth-order valence-electron chi connectivity index (χ4n) is 0.224. The zero-order chi connectivity index (χ0) is 6.62. The van der Waals surface area contributed by atoms with E-state index in [4.69, 9.17) is 0 Å². The molecule has 0 rings (SSSR count). The van der Waals surface area contributed by atoms with Crippen molar-refractivity contribution in [3.05, 3.63) is 0 Å². The topological polar surface area (TPSA) is 44.8 Å². The molecule has 54 valence electrons. The average molecular weight is 182 g/mol.